The average molecular weight is 677 g/mol. The van der Waals surface area contributed by atoms with Crippen molar-refractivity contribution in [3.05, 3.63) is 58.1 Å². The first-order valence-electron chi connectivity index (χ1n) is 18.2. The van der Waals surface area contributed by atoms with E-state index in [-0.39, 0.29) is 30.3 Å². The Bertz CT molecular complexity index is 1460. The first-order chi connectivity index (χ1) is 23.2. The van der Waals surface area contributed by atoms with Crippen LogP contribution in [0.5, 0.6) is 0 Å². The number of halogens is 1. The van der Waals surface area contributed by atoms with Gasteiger partial charge in [-0.15, -0.1) is 0 Å². The van der Waals surface area contributed by atoms with Crippen molar-refractivity contribution in [3.8, 4) is 0 Å². The van der Waals surface area contributed by atoms with Crippen molar-refractivity contribution in [2.75, 3.05) is 56.9 Å². The molecule has 0 aromatic heterocycles. The normalized spacial score (nSPS) is 21.1. The maximum Gasteiger partial charge on any atom is 0.322 e. The van der Waals surface area contributed by atoms with Gasteiger partial charge in [0.25, 0.3) is 0 Å². The number of anilines is 2. The molecule has 0 bridgehead atoms. The molecule has 3 N–H and O–H groups in total. The average Bonchev–Trinajstić information content (AvgIpc) is 3.27. The Labute approximate surface area is 291 Å². The number of para-hydroxylation sites is 1. The fourth-order valence-electron chi connectivity index (χ4n) is 8.29. The Balaban J connectivity index is 1.09. The molecule has 6 rings (SSSR count). The summed E-state index contributed by atoms with van der Waals surface area (Å²) in [5, 5.41) is 3.58. The van der Waals surface area contributed by atoms with E-state index in [1.165, 1.54) is 12.8 Å². The van der Waals surface area contributed by atoms with Crippen LogP contribution in [0.3, 0.4) is 0 Å². The number of carbonyl (C=O) groups excluding carboxylic acids is 3. The molecule has 9 nitrogen and oxygen atoms in total. The number of aryl methyl sites for hydroxylation is 1. The van der Waals surface area contributed by atoms with Crippen LogP contribution in [-0.4, -0.2) is 95.3 Å². The number of piperidine rings is 3. The molecule has 2 aromatic rings. The number of nitrogens with zero attached hydrogens (tertiary/aromatic N) is 4. The van der Waals surface area contributed by atoms with Crippen molar-refractivity contribution in [2.24, 2.45) is 11.8 Å². The monoisotopic (exact) mass is 676 g/mol. The molecular weight excluding hydrogens is 624 g/mol. The summed E-state index contributed by atoms with van der Waals surface area (Å²) in [5.74, 6) is 0.403. The summed E-state index contributed by atoms with van der Waals surface area (Å²) in [6, 6.07) is 12.4. The summed E-state index contributed by atoms with van der Waals surface area (Å²) in [7, 11) is 0. The predicted octanol–water partition coefficient (Wildman–Crippen LogP) is 5.84. The van der Waals surface area contributed by atoms with Crippen LogP contribution < -0.4 is 11.1 Å². The highest BCUT2D eigenvalue weighted by atomic mass is 35.5. The van der Waals surface area contributed by atoms with Crippen molar-refractivity contribution in [2.45, 2.75) is 90.1 Å². The van der Waals surface area contributed by atoms with Gasteiger partial charge < -0.3 is 30.7 Å². The molecule has 0 aliphatic carbocycles. The summed E-state index contributed by atoms with van der Waals surface area (Å²) in [6.07, 6.45) is 8.09. The van der Waals surface area contributed by atoms with Gasteiger partial charge in [0.05, 0.1) is 16.6 Å². The topological polar surface area (TPSA) is 102 Å². The van der Waals surface area contributed by atoms with Crippen LogP contribution in [0, 0.1) is 11.8 Å². The molecule has 0 spiro atoms. The van der Waals surface area contributed by atoms with Crippen LogP contribution in [0.15, 0.2) is 36.4 Å². The summed E-state index contributed by atoms with van der Waals surface area (Å²) in [5.41, 5.74) is 10.8. The quantitative estimate of drug-likeness (QED) is 0.343. The van der Waals surface area contributed by atoms with Crippen LogP contribution in [0.4, 0.5) is 16.2 Å². The number of nitrogens with two attached hydrogens (primary N) is 1. The number of carbonyl (C=O) groups is 3. The predicted molar refractivity (Wildman–Crippen MR) is 192 cm³/mol. The van der Waals surface area contributed by atoms with Crippen molar-refractivity contribution in [1.82, 2.24) is 19.6 Å². The molecule has 0 saturated carbocycles. The lowest BCUT2D eigenvalue weighted by atomic mass is 9.90. The third-order valence-electron chi connectivity index (χ3n) is 11.4. The van der Waals surface area contributed by atoms with Gasteiger partial charge in [0, 0.05) is 56.9 Å². The number of amides is 4. The zero-order valence-corrected chi connectivity index (χ0v) is 29.5. The summed E-state index contributed by atoms with van der Waals surface area (Å²) in [4.78, 5) is 49.7. The minimum atomic E-state index is -0.470. The zero-order chi connectivity index (χ0) is 33.8. The molecular formula is C38H53ClN6O3. The largest absolute Gasteiger partial charge is 0.397 e. The van der Waals surface area contributed by atoms with Crippen molar-refractivity contribution < 1.29 is 14.4 Å². The number of nitrogen functional groups attached to an aromatic ring is 1. The first-order valence-corrected chi connectivity index (χ1v) is 18.6. The molecule has 2 aromatic carbocycles. The van der Waals surface area contributed by atoms with E-state index in [4.69, 9.17) is 17.3 Å². The lowest BCUT2D eigenvalue weighted by molar-refractivity contribution is -0.143. The summed E-state index contributed by atoms with van der Waals surface area (Å²) >= 11 is 6.53. The highest BCUT2D eigenvalue weighted by molar-refractivity contribution is 6.33. The lowest BCUT2D eigenvalue weighted by Gasteiger charge is -2.42. The van der Waals surface area contributed by atoms with Crippen LogP contribution in [0.2, 0.25) is 5.02 Å². The first kappa shape index (κ1) is 34.6. The number of urea groups is 1. The van der Waals surface area contributed by atoms with Crippen LogP contribution in [0.25, 0.3) is 0 Å². The molecule has 48 heavy (non-hydrogen) atoms. The van der Waals surface area contributed by atoms with Crippen molar-refractivity contribution >= 4 is 40.8 Å². The molecule has 4 aliphatic heterocycles. The third-order valence-corrected chi connectivity index (χ3v) is 11.7. The number of benzene rings is 2. The fourth-order valence-corrected chi connectivity index (χ4v) is 8.55. The van der Waals surface area contributed by atoms with Gasteiger partial charge in [-0.2, -0.15) is 0 Å². The molecule has 3 fully saturated rings. The number of hydrogen-bond acceptors (Lipinski definition) is 5. The van der Waals surface area contributed by atoms with E-state index < -0.39 is 5.92 Å². The molecule has 0 unspecified atom stereocenters. The van der Waals surface area contributed by atoms with Gasteiger partial charge >= 0.3 is 6.03 Å². The summed E-state index contributed by atoms with van der Waals surface area (Å²) in [6.45, 7) is 9.98. The highest BCUT2D eigenvalue weighted by Gasteiger charge is 2.36. The lowest BCUT2D eigenvalue weighted by Crippen LogP contribution is -2.51. The Morgan fingerprint density at radius 2 is 1.58 bits per heavy atom. The standard InChI is InChI=1S/C38H53ClN6O3/c1-3-28-22-27(24-33(39)36(28)40)23-30(37(47)44-19-11-31(12-20-44)42-15-8-26(2)9-16-42)25-35(46)43-17-13-32(14-18-43)45-21-10-29-6-4-5-7-34(29)41-38(45)48/h4-7,22,24,26,30-32H,3,8-21,23,25,40H2,1-2H3,(H,41,48)/t30-/m0/s1. The molecule has 4 aliphatic rings. The molecule has 3 saturated heterocycles. The number of rotatable bonds is 8. The van der Waals surface area contributed by atoms with E-state index in [0.29, 0.717) is 42.8 Å². The molecule has 4 amide bonds. The Kier molecular flexibility index (Phi) is 11.2. The Morgan fingerprint density at radius 3 is 2.29 bits per heavy atom. The van der Waals surface area contributed by atoms with Gasteiger partial charge in [-0.3, -0.25) is 9.59 Å². The van der Waals surface area contributed by atoms with Gasteiger partial charge in [0.2, 0.25) is 11.8 Å². The number of hydrogen-bond donors (Lipinski definition) is 2. The minimum Gasteiger partial charge on any atom is -0.397 e. The molecule has 260 valence electrons. The van der Waals surface area contributed by atoms with E-state index in [0.717, 1.165) is 93.0 Å². The van der Waals surface area contributed by atoms with Gasteiger partial charge in [0.15, 0.2) is 0 Å². The van der Waals surface area contributed by atoms with Gasteiger partial charge in [-0.05, 0) is 106 Å². The van der Waals surface area contributed by atoms with E-state index in [1.807, 2.05) is 52.0 Å². The number of nitrogens with one attached hydrogen (secondary N) is 1. The van der Waals surface area contributed by atoms with E-state index in [2.05, 4.69) is 23.2 Å². The van der Waals surface area contributed by atoms with Gasteiger partial charge in [0.1, 0.15) is 0 Å². The van der Waals surface area contributed by atoms with E-state index >= 15 is 0 Å². The smallest absolute Gasteiger partial charge is 0.322 e. The van der Waals surface area contributed by atoms with E-state index in [1.54, 1.807) is 0 Å². The number of likely N-dealkylation sites (tertiary alicyclic amines) is 3. The number of fused-ring (bicyclic) bond motifs is 1. The second-order valence-corrected chi connectivity index (χ2v) is 14.9. The van der Waals surface area contributed by atoms with Gasteiger partial charge in [-0.25, -0.2) is 4.79 Å². The molecule has 1 atom stereocenters. The Hall–Kier alpha value is -3.30. The molecule has 4 heterocycles. The van der Waals surface area contributed by atoms with Crippen molar-refractivity contribution in [3.63, 3.8) is 0 Å². The molecule has 10 heteroatoms. The second kappa shape index (κ2) is 15.5. The van der Waals surface area contributed by atoms with Crippen LogP contribution in [-0.2, 0) is 28.9 Å². The fraction of sp³-hybridized carbons (Fsp3) is 0.605. The summed E-state index contributed by atoms with van der Waals surface area (Å²) < 4.78 is 0. The van der Waals surface area contributed by atoms with Crippen molar-refractivity contribution in [1.29, 1.82) is 0 Å². The van der Waals surface area contributed by atoms with Crippen LogP contribution >= 0.6 is 11.6 Å². The Morgan fingerprint density at radius 1 is 0.917 bits per heavy atom. The SMILES string of the molecule is CCc1cc(C[C@@H](CC(=O)N2CCC(N3CCc4ccccc4NC3=O)CC2)C(=O)N2CCC(N3CCC(C)CC3)CC2)cc(Cl)c1N. The van der Waals surface area contributed by atoms with Gasteiger partial charge in [-0.1, -0.05) is 49.7 Å². The maximum atomic E-state index is 14.2. The zero-order valence-electron chi connectivity index (χ0n) is 28.8. The maximum absolute atomic E-state index is 14.2. The molecule has 0 radical (unpaired) electrons. The minimum absolute atomic E-state index is 0.00843. The third kappa shape index (κ3) is 7.94. The second-order valence-electron chi connectivity index (χ2n) is 14.5. The van der Waals surface area contributed by atoms with E-state index in [9.17, 15) is 14.4 Å². The highest BCUT2D eigenvalue weighted by Crippen LogP contribution is 2.30. The van der Waals surface area contributed by atoms with Crippen LogP contribution in [0.1, 0.15) is 75.5 Å².